The van der Waals surface area contributed by atoms with Crippen LogP contribution in [-0.2, 0) is 9.59 Å². The summed E-state index contributed by atoms with van der Waals surface area (Å²) in [7, 11) is 0. The first-order valence-electron chi connectivity index (χ1n) is 9.07. The molecule has 1 saturated heterocycles. The first-order valence-corrected chi connectivity index (χ1v) is 9.07. The fourth-order valence-electron chi connectivity index (χ4n) is 2.92. The SMILES string of the molecule is C/C(=N/NC(=O)CNc1ccc(C)cc1)c1cccc(N2CCCC2=O)c1. The molecule has 2 amide bonds. The van der Waals surface area contributed by atoms with E-state index in [0.717, 1.165) is 29.9 Å². The summed E-state index contributed by atoms with van der Waals surface area (Å²) in [5.74, 6) is -0.0713. The number of nitrogens with zero attached hydrogens (tertiary/aromatic N) is 2. The quantitative estimate of drug-likeness (QED) is 0.611. The first-order chi connectivity index (χ1) is 13.0. The highest BCUT2D eigenvalue weighted by atomic mass is 16.2. The zero-order valence-electron chi connectivity index (χ0n) is 15.7. The van der Waals surface area contributed by atoms with Gasteiger partial charge in [0, 0.05) is 24.3 Å². The van der Waals surface area contributed by atoms with E-state index in [4.69, 9.17) is 0 Å². The smallest absolute Gasteiger partial charge is 0.259 e. The number of nitrogens with one attached hydrogen (secondary N) is 2. The second-order valence-corrected chi connectivity index (χ2v) is 6.65. The number of carbonyl (C=O) groups is 2. The Hall–Kier alpha value is -3.15. The number of anilines is 2. The van der Waals surface area contributed by atoms with Crippen molar-refractivity contribution in [3.63, 3.8) is 0 Å². The Morgan fingerprint density at radius 3 is 2.67 bits per heavy atom. The molecular weight excluding hydrogens is 340 g/mol. The average molecular weight is 364 g/mol. The summed E-state index contributed by atoms with van der Waals surface area (Å²) in [6.45, 7) is 4.74. The minimum Gasteiger partial charge on any atom is -0.376 e. The molecule has 2 aromatic rings. The van der Waals surface area contributed by atoms with E-state index in [0.29, 0.717) is 12.1 Å². The topological polar surface area (TPSA) is 73.8 Å². The van der Waals surface area contributed by atoms with Crippen molar-refractivity contribution in [2.75, 3.05) is 23.3 Å². The van der Waals surface area contributed by atoms with Crippen LogP contribution in [0.2, 0.25) is 0 Å². The molecule has 0 atom stereocenters. The average Bonchev–Trinajstić information content (AvgIpc) is 3.11. The third-order valence-electron chi connectivity index (χ3n) is 4.50. The van der Waals surface area contributed by atoms with Gasteiger partial charge >= 0.3 is 0 Å². The molecule has 0 unspecified atom stereocenters. The number of hydrogen-bond donors (Lipinski definition) is 2. The van der Waals surface area contributed by atoms with Crippen LogP contribution in [0.4, 0.5) is 11.4 Å². The number of carbonyl (C=O) groups excluding carboxylic acids is 2. The summed E-state index contributed by atoms with van der Waals surface area (Å²) < 4.78 is 0. The molecule has 0 saturated carbocycles. The van der Waals surface area contributed by atoms with E-state index in [1.54, 1.807) is 4.90 Å². The van der Waals surface area contributed by atoms with Crippen molar-refractivity contribution in [1.29, 1.82) is 0 Å². The maximum absolute atomic E-state index is 12.0. The van der Waals surface area contributed by atoms with Crippen LogP contribution in [-0.4, -0.2) is 30.6 Å². The molecule has 0 aromatic heterocycles. The molecule has 1 aliphatic heterocycles. The summed E-state index contributed by atoms with van der Waals surface area (Å²) in [6, 6.07) is 15.5. The van der Waals surface area contributed by atoms with E-state index in [1.807, 2.05) is 62.4 Å². The van der Waals surface area contributed by atoms with Crippen molar-refractivity contribution in [3.8, 4) is 0 Å². The molecule has 2 N–H and O–H groups in total. The number of benzene rings is 2. The number of hydrazone groups is 1. The summed E-state index contributed by atoms with van der Waals surface area (Å²) in [4.78, 5) is 25.7. The maximum atomic E-state index is 12.0. The normalized spacial score (nSPS) is 14.4. The monoisotopic (exact) mass is 364 g/mol. The van der Waals surface area contributed by atoms with Crippen molar-refractivity contribution >= 4 is 28.9 Å². The van der Waals surface area contributed by atoms with E-state index in [9.17, 15) is 9.59 Å². The van der Waals surface area contributed by atoms with Crippen molar-refractivity contribution in [2.45, 2.75) is 26.7 Å². The Bertz CT molecular complexity index is 859. The zero-order chi connectivity index (χ0) is 19.2. The number of aryl methyl sites for hydroxylation is 1. The van der Waals surface area contributed by atoms with Gasteiger partial charge in [0.1, 0.15) is 0 Å². The van der Waals surface area contributed by atoms with E-state index in [1.165, 1.54) is 5.56 Å². The van der Waals surface area contributed by atoms with Gasteiger partial charge in [-0.25, -0.2) is 5.43 Å². The predicted octanol–water partition coefficient (Wildman–Crippen LogP) is 3.07. The third kappa shape index (κ3) is 4.94. The lowest BCUT2D eigenvalue weighted by molar-refractivity contribution is -0.119. The molecule has 1 heterocycles. The minimum absolute atomic E-state index is 0.141. The molecule has 140 valence electrons. The molecule has 6 heteroatoms. The largest absolute Gasteiger partial charge is 0.376 e. The first kappa shape index (κ1) is 18.6. The summed E-state index contributed by atoms with van der Waals surface area (Å²) in [5, 5.41) is 7.24. The highest BCUT2D eigenvalue weighted by molar-refractivity contribution is 6.02. The van der Waals surface area contributed by atoms with Gasteiger partial charge in [0.15, 0.2) is 0 Å². The van der Waals surface area contributed by atoms with Crippen molar-refractivity contribution in [2.24, 2.45) is 5.10 Å². The van der Waals surface area contributed by atoms with Crippen molar-refractivity contribution in [3.05, 3.63) is 59.7 Å². The molecule has 0 bridgehead atoms. The summed E-state index contributed by atoms with van der Waals surface area (Å²) in [5.41, 5.74) is 7.06. The fraction of sp³-hybridized carbons (Fsp3) is 0.286. The second-order valence-electron chi connectivity index (χ2n) is 6.65. The number of hydrogen-bond acceptors (Lipinski definition) is 4. The number of rotatable bonds is 6. The molecule has 2 aromatic carbocycles. The lowest BCUT2D eigenvalue weighted by atomic mass is 10.1. The highest BCUT2D eigenvalue weighted by Gasteiger charge is 2.21. The Morgan fingerprint density at radius 1 is 1.19 bits per heavy atom. The number of amides is 2. The van der Waals surface area contributed by atoms with Gasteiger partial charge < -0.3 is 10.2 Å². The van der Waals surface area contributed by atoms with E-state index in [2.05, 4.69) is 15.8 Å². The lowest BCUT2D eigenvalue weighted by Gasteiger charge is -2.16. The van der Waals surface area contributed by atoms with Crippen molar-refractivity contribution < 1.29 is 9.59 Å². The third-order valence-corrected chi connectivity index (χ3v) is 4.50. The van der Waals surface area contributed by atoms with Gasteiger partial charge in [-0.2, -0.15) is 5.10 Å². The van der Waals surface area contributed by atoms with Gasteiger partial charge in [0.05, 0.1) is 12.3 Å². The molecular formula is C21H24N4O2. The van der Waals surface area contributed by atoms with Gasteiger partial charge in [-0.15, -0.1) is 0 Å². The molecule has 1 fully saturated rings. The van der Waals surface area contributed by atoms with Gasteiger partial charge in [-0.05, 0) is 50.1 Å². The lowest BCUT2D eigenvalue weighted by Crippen LogP contribution is -2.27. The van der Waals surface area contributed by atoms with Crippen LogP contribution >= 0.6 is 0 Å². The molecule has 0 radical (unpaired) electrons. The van der Waals surface area contributed by atoms with Crippen LogP contribution in [0.5, 0.6) is 0 Å². The molecule has 1 aliphatic rings. The Balaban J connectivity index is 1.57. The Labute approximate surface area is 159 Å². The van der Waals surface area contributed by atoms with Gasteiger partial charge in [-0.1, -0.05) is 29.8 Å². The second kappa shape index (κ2) is 8.49. The van der Waals surface area contributed by atoms with Crippen LogP contribution in [0.1, 0.15) is 30.9 Å². The van der Waals surface area contributed by atoms with Crippen molar-refractivity contribution in [1.82, 2.24) is 5.43 Å². The van der Waals surface area contributed by atoms with Gasteiger partial charge in [-0.3, -0.25) is 9.59 Å². The molecule has 0 spiro atoms. The zero-order valence-corrected chi connectivity index (χ0v) is 15.7. The fourth-order valence-corrected chi connectivity index (χ4v) is 2.92. The van der Waals surface area contributed by atoms with Crippen LogP contribution in [0.3, 0.4) is 0 Å². The maximum Gasteiger partial charge on any atom is 0.259 e. The van der Waals surface area contributed by atoms with Gasteiger partial charge in [0.25, 0.3) is 5.91 Å². The van der Waals surface area contributed by atoms with E-state index >= 15 is 0 Å². The van der Waals surface area contributed by atoms with Crippen LogP contribution in [0.15, 0.2) is 53.6 Å². The van der Waals surface area contributed by atoms with E-state index in [-0.39, 0.29) is 18.4 Å². The molecule has 3 rings (SSSR count). The van der Waals surface area contributed by atoms with Gasteiger partial charge in [0.2, 0.25) is 5.91 Å². The van der Waals surface area contributed by atoms with Crippen LogP contribution in [0.25, 0.3) is 0 Å². The Morgan fingerprint density at radius 2 is 1.96 bits per heavy atom. The highest BCUT2D eigenvalue weighted by Crippen LogP contribution is 2.22. The molecule has 6 nitrogen and oxygen atoms in total. The van der Waals surface area contributed by atoms with Crippen LogP contribution < -0.4 is 15.6 Å². The summed E-state index contributed by atoms with van der Waals surface area (Å²) in [6.07, 6.45) is 1.49. The molecule has 27 heavy (non-hydrogen) atoms. The predicted molar refractivity (Wildman–Crippen MR) is 108 cm³/mol. The molecule has 0 aliphatic carbocycles. The summed E-state index contributed by atoms with van der Waals surface area (Å²) >= 11 is 0. The Kier molecular flexibility index (Phi) is 5.86. The minimum atomic E-state index is -0.221. The standard InChI is InChI=1S/C21H24N4O2/c1-15-8-10-18(11-9-15)22-14-20(26)24-23-16(2)17-5-3-6-19(13-17)25-12-4-7-21(25)27/h3,5-6,8-11,13,22H,4,7,12,14H2,1-2H3,(H,24,26)/b23-16-. The van der Waals surface area contributed by atoms with Crippen LogP contribution in [0, 0.1) is 6.92 Å². The van der Waals surface area contributed by atoms with E-state index < -0.39 is 0 Å².